The van der Waals surface area contributed by atoms with Crippen molar-refractivity contribution in [3.05, 3.63) is 40.4 Å². The monoisotopic (exact) mass is 245 g/mol. The van der Waals surface area contributed by atoms with Crippen LogP contribution in [0.3, 0.4) is 0 Å². The first-order valence-electron chi connectivity index (χ1n) is 5.68. The summed E-state index contributed by atoms with van der Waals surface area (Å²) in [5, 5.41) is 0. The molecule has 1 aromatic heterocycles. The van der Waals surface area contributed by atoms with Gasteiger partial charge in [-0.1, -0.05) is 6.92 Å². The van der Waals surface area contributed by atoms with Crippen molar-refractivity contribution in [1.29, 1.82) is 0 Å². The van der Waals surface area contributed by atoms with Crippen molar-refractivity contribution in [2.24, 2.45) is 0 Å². The lowest BCUT2D eigenvalue weighted by Crippen LogP contribution is -2.10. The van der Waals surface area contributed by atoms with Crippen LogP contribution < -0.4 is 16.0 Å². The highest BCUT2D eigenvalue weighted by atomic mass is 16.5. The summed E-state index contributed by atoms with van der Waals surface area (Å²) in [6.07, 6.45) is 0.660. The fourth-order valence-corrected chi connectivity index (χ4v) is 1.74. The molecule has 0 aliphatic carbocycles. The number of nitrogens with two attached hydrogens (primary N) is 1. The summed E-state index contributed by atoms with van der Waals surface area (Å²) in [6.45, 7) is 1.93. The van der Waals surface area contributed by atoms with Gasteiger partial charge < -0.3 is 15.5 Å². The second kappa shape index (κ2) is 4.91. The minimum absolute atomic E-state index is 0.179. The Morgan fingerprint density at radius 3 is 2.83 bits per heavy atom. The summed E-state index contributed by atoms with van der Waals surface area (Å²) >= 11 is 0. The number of nitrogen functional groups attached to an aromatic ring is 1. The quantitative estimate of drug-likeness (QED) is 0.805. The standard InChI is InChI=1S/C13H15N3O2/c1-3-12-15-10(7-13(17)16-12)9-6-8(14)4-5-11(9)18-2/h4-7H,3,14H2,1-2H3,(H,15,16,17). The van der Waals surface area contributed by atoms with Crippen molar-refractivity contribution in [1.82, 2.24) is 9.97 Å². The predicted octanol–water partition coefficient (Wildman–Crippen LogP) is 1.59. The molecule has 5 nitrogen and oxygen atoms in total. The molecule has 0 bridgehead atoms. The third kappa shape index (κ3) is 2.34. The van der Waals surface area contributed by atoms with E-state index < -0.39 is 0 Å². The number of anilines is 1. The third-order valence-electron chi connectivity index (χ3n) is 2.63. The largest absolute Gasteiger partial charge is 0.496 e. The number of H-pyrrole nitrogens is 1. The van der Waals surface area contributed by atoms with Gasteiger partial charge in [0.1, 0.15) is 11.6 Å². The number of benzene rings is 1. The lowest BCUT2D eigenvalue weighted by atomic mass is 10.1. The van der Waals surface area contributed by atoms with Gasteiger partial charge in [0, 0.05) is 23.7 Å². The number of hydrogen-bond acceptors (Lipinski definition) is 4. The van der Waals surface area contributed by atoms with Crippen LogP contribution in [0.2, 0.25) is 0 Å². The van der Waals surface area contributed by atoms with Crippen LogP contribution in [0.15, 0.2) is 29.1 Å². The summed E-state index contributed by atoms with van der Waals surface area (Å²) in [5.41, 5.74) is 7.47. The zero-order valence-electron chi connectivity index (χ0n) is 10.4. The number of nitrogens with zero attached hydrogens (tertiary/aromatic N) is 1. The van der Waals surface area contributed by atoms with Crippen LogP contribution in [0.4, 0.5) is 5.69 Å². The van der Waals surface area contributed by atoms with Crippen molar-refractivity contribution in [3.63, 3.8) is 0 Å². The Morgan fingerprint density at radius 1 is 1.39 bits per heavy atom. The van der Waals surface area contributed by atoms with E-state index in [-0.39, 0.29) is 5.56 Å². The van der Waals surface area contributed by atoms with E-state index in [0.717, 1.165) is 5.56 Å². The maximum Gasteiger partial charge on any atom is 0.251 e. The molecule has 2 rings (SSSR count). The van der Waals surface area contributed by atoms with Crippen molar-refractivity contribution in [2.75, 3.05) is 12.8 Å². The van der Waals surface area contributed by atoms with E-state index in [4.69, 9.17) is 10.5 Å². The highest BCUT2D eigenvalue weighted by Crippen LogP contribution is 2.29. The van der Waals surface area contributed by atoms with E-state index in [1.54, 1.807) is 25.3 Å². The molecule has 0 atom stereocenters. The Balaban J connectivity index is 2.64. The van der Waals surface area contributed by atoms with Crippen molar-refractivity contribution >= 4 is 5.69 Å². The smallest absolute Gasteiger partial charge is 0.251 e. The van der Waals surface area contributed by atoms with E-state index in [0.29, 0.717) is 29.4 Å². The lowest BCUT2D eigenvalue weighted by Gasteiger charge is -2.09. The lowest BCUT2D eigenvalue weighted by molar-refractivity contribution is 0.416. The van der Waals surface area contributed by atoms with Gasteiger partial charge in [-0.25, -0.2) is 4.98 Å². The van der Waals surface area contributed by atoms with Gasteiger partial charge in [0.2, 0.25) is 0 Å². The van der Waals surface area contributed by atoms with Crippen molar-refractivity contribution in [2.45, 2.75) is 13.3 Å². The molecule has 0 radical (unpaired) electrons. The number of nitrogens with one attached hydrogen (secondary N) is 1. The van der Waals surface area contributed by atoms with E-state index in [9.17, 15) is 4.79 Å². The highest BCUT2D eigenvalue weighted by molar-refractivity contribution is 5.71. The summed E-state index contributed by atoms with van der Waals surface area (Å²) in [4.78, 5) is 18.6. The van der Waals surface area contributed by atoms with Gasteiger partial charge in [-0.05, 0) is 18.2 Å². The summed E-state index contributed by atoms with van der Waals surface area (Å²) in [7, 11) is 1.57. The number of aromatic nitrogens is 2. The maximum absolute atomic E-state index is 11.6. The molecule has 0 saturated heterocycles. The van der Waals surface area contributed by atoms with Crippen LogP contribution in [-0.4, -0.2) is 17.1 Å². The van der Waals surface area contributed by atoms with Gasteiger partial charge in [0.05, 0.1) is 12.8 Å². The molecule has 0 spiro atoms. The second-order valence-corrected chi connectivity index (χ2v) is 3.89. The van der Waals surface area contributed by atoms with E-state index in [2.05, 4.69) is 9.97 Å². The van der Waals surface area contributed by atoms with E-state index >= 15 is 0 Å². The van der Waals surface area contributed by atoms with Crippen molar-refractivity contribution < 1.29 is 4.74 Å². The van der Waals surface area contributed by atoms with Crippen LogP contribution in [0.1, 0.15) is 12.7 Å². The van der Waals surface area contributed by atoms with Crippen LogP contribution in [0.25, 0.3) is 11.3 Å². The number of aryl methyl sites for hydroxylation is 1. The maximum atomic E-state index is 11.6. The Bertz CT molecular complexity index is 620. The van der Waals surface area contributed by atoms with Gasteiger partial charge in [0.15, 0.2) is 0 Å². The van der Waals surface area contributed by atoms with Gasteiger partial charge in [-0.15, -0.1) is 0 Å². The normalized spacial score (nSPS) is 10.3. The SMILES string of the molecule is CCc1nc(-c2cc(N)ccc2OC)cc(=O)[nH]1. The molecular weight excluding hydrogens is 230 g/mol. The van der Waals surface area contributed by atoms with Crippen LogP contribution in [-0.2, 0) is 6.42 Å². The molecule has 18 heavy (non-hydrogen) atoms. The molecule has 94 valence electrons. The summed E-state index contributed by atoms with van der Waals surface area (Å²) in [5.74, 6) is 1.28. The molecule has 3 N–H and O–H groups in total. The molecular formula is C13H15N3O2. The average molecular weight is 245 g/mol. The molecule has 5 heteroatoms. The van der Waals surface area contributed by atoms with Gasteiger partial charge in [-0.3, -0.25) is 4.79 Å². The number of rotatable bonds is 3. The molecule has 0 unspecified atom stereocenters. The predicted molar refractivity (Wildman–Crippen MR) is 70.6 cm³/mol. The Labute approximate surface area is 105 Å². The topological polar surface area (TPSA) is 81.0 Å². The van der Waals surface area contributed by atoms with E-state index in [1.807, 2.05) is 6.92 Å². The molecule has 1 aromatic carbocycles. The highest BCUT2D eigenvalue weighted by Gasteiger charge is 2.09. The van der Waals surface area contributed by atoms with Gasteiger partial charge >= 0.3 is 0 Å². The average Bonchev–Trinajstić information content (AvgIpc) is 2.38. The first-order valence-corrected chi connectivity index (χ1v) is 5.68. The van der Waals surface area contributed by atoms with E-state index in [1.165, 1.54) is 6.07 Å². The Kier molecular flexibility index (Phi) is 3.32. The number of methoxy groups -OCH3 is 1. The van der Waals surface area contributed by atoms with Crippen LogP contribution >= 0.6 is 0 Å². The molecule has 2 aromatic rings. The third-order valence-corrected chi connectivity index (χ3v) is 2.63. The Hall–Kier alpha value is -2.30. The molecule has 0 aliphatic heterocycles. The fourth-order valence-electron chi connectivity index (χ4n) is 1.74. The number of hydrogen-bond donors (Lipinski definition) is 2. The first kappa shape index (κ1) is 12.2. The zero-order chi connectivity index (χ0) is 13.1. The zero-order valence-corrected chi connectivity index (χ0v) is 10.4. The van der Waals surface area contributed by atoms with Gasteiger partial charge in [-0.2, -0.15) is 0 Å². The number of aromatic amines is 1. The van der Waals surface area contributed by atoms with Crippen LogP contribution in [0.5, 0.6) is 5.75 Å². The molecule has 0 amide bonds. The molecule has 0 fully saturated rings. The molecule has 0 saturated carbocycles. The minimum Gasteiger partial charge on any atom is -0.496 e. The van der Waals surface area contributed by atoms with Gasteiger partial charge in [0.25, 0.3) is 5.56 Å². The Morgan fingerprint density at radius 2 is 2.17 bits per heavy atom. The minimum atomic E-state index is -0.179. The summed E-state index contributed by atoms with van der Waals surface area (Å²) < 4.78 is 5.26. The fraction of sp³-hybridized carbons (Fsp3) is 0.231. The van der Waals surface area contributed by atoms with Crippen molar-refractivity contribution in [3.8, 4) is 17.0 Å². The van der Waals surface area contributed by atoms with Crippen LogP contribution in [0, 0.1) is 0 Å². The second-order valence-electron chi connectivity index (χ2n) is 3.89. The molecule has 1 heterocycles. The first-order chi connectivity index (χ1) is 8.63. The summed E-state index contributed by atoms with van der Waals surface area (Å²) in [6, 6.07) is 6.70. The molecule has 0 aliphatic rings. The number of ether oxygens (including phenoxy) is 1.